The van der Waals surface area contributed by atoms with Gasteiger partial charge in [0.05, 0.1) is 24.6 Å². The molecule has 2 amide bonds. The Morgan fingerprint density at radius 3 is 2.50 bits per heavy atom. The van der Waals surface area contributed by atoms with Gasteiger partial charge in [-0.05, 0) is 43.3 Å². The van der Waals surface area contributed by atoms with Crippen LogP contribution < -0.4 is 15.4 Å². The molecular formula is C22H20N2O6. The summed E-state index contributed by atoms with van der Waals surface area (Å²) in [6, 6.07) is 16.2. The minimum Gasteiger partial charge on any atom is -0.497 e. The van der Waals surface area contributed by atoms with Crippen LogP contribution in [0.3, 0.4) is 0 Å². The van der Waals surface area contributed by atoms with Crippen LogP contribution >= 0.6 is 0 Å². The second-order valence-corrected chi connectivity index (χ2v) is 6.25. The first-order valence-corrected chi connectivity index (χ1v) is 9.07. The summed E-state index contributed by atoms with van der Waals surface area (Å²) in [4.78, 5) is 37.2. The summed E-state index contributed by atoms with van der Waals surface area (Å²) in [5, 5.41) is 5.26. The molecule has 0 aliphatic carbocycles. The number of amides is 2. The van der Waals surface area contributed by atoms with E-state index in [-0.39, 0.29) is 17.0 Å². The number of hydrogen-bond acceptors (Lipinski definition) is 6. The maximum Gasteiger partial charge on any atom is 0.341 e. The van der Waals surface area contributed by atoms with E-state index in [0.29, 0.717) is 11.4 Å². The van der Waals surface area contributed by atoms with Crippen molar-refractivity contribution in [2.45, 2.75) is 13.0 Å². The van der Waals surface area contributed by atoms with Gasteiger partial charge in [-0.2, -0.15) is 0 Å². The van der Waals surface area contributed by atoms with Crippen molar-refractivity contribution in [3.8, 4) is 5.75 Å². The molecule has 2 aromatic carbocycles. The van der Waals surface area contributed by atoms with E-state index in [2.05, 4.69) is 10.6 Å². The van der Waals surface area contributed by atoms with Gasteiger partial charge in [0.25, 0.3) is 11.8 Å². The highest BCUT2D eigenvalue weighted by Gasteiger charge is 2.22. The van der Waals surface area contributed by atoms with Gasteiger partial charge >= 0.3 is 5.97 Å². The van der Waals surface area contributed by atoms with Gasteiger partial charge in [0.2, 0.25) is 0 Å². The van der Waals surface area contributed by atoms with Crippen molar-refractivity contribution in [3.63, 3.8) is 0 Å². The highest BCUT2D eigenvalue weighted by Crippen LogP contribution is 2.20. The van der Waals surface area contributed by atoms with Crippen molar-refractivity contribution in [2.75, 3.05) is 17.7 Å². The van der Waals surface area contributed by atoms with Crippen molar-refractivity contribution in [3.05, 3.63) is 78.3 Å². The van der Waals surface area contributed by atoms with E-state index in [4.69, 9.17) is 13.9 Å². The van der Waals surface area contributed by atoms with Crippen molar-refractivity contribution >= 4 is 29.2 Å². The molecule has 0 saturated heterocycles. The number of benzene rings is 2. The quantitative estimate of drug-likeness (QED) is 0.577. The molecule has 0 unspecified atom stereocenters. The number of carbonyl (C=O) groups excluding carboxylic acids is 3. The summed E-state index contributed by atoms with van der Waals surface area (Å²) in [7, 11) is 1.52. The highest BCUT2D eigenvalue weighted by atomic mass is 16.5. The van der Waals surface area contributed by atoms with Gasteiger partial charge in [-0.1, -0.05) is 18.2 Å². The Hall–Kier alpha value is -4.07. The monoisotopic (exact) mass is 408 g/mol. The summed E-state index contributed by atoms with van der Waals surface area (Å²) in [6.07, 6.45) is 0.301. The molecule has 3 aromatic rings. The lowest BCUT2D eigenvalue weighted by Gasteiger charge is -2.15. The zero-order valence-electron chi connectivity index (χ0n) is 16.4. The number of esters is 1. The summed E-state index contributed by atoms with van der Waals surface area (Å²) >= 11 is 0. The second-order valence-electron chi connectivity index (χ2n) is 6.25. The number of methoxy groups -OCH3 is 1. The van der Waals surface area contributed by atoms with Gasteiger partial charge in [-0.3, -0.25) is 9.59 Å². The van der Waals surface area contributed by atoms with Crippen LogP contribution in [0, 0.1) is 0 Å². The van der Waals surface area contributed by atoms with E-state index in [1.807, 2.05) is 0 Å². The minimum atomic E-state index is -1.07. The summed E-state index contributed by atoms with van der Waals surface area (Å²) in [5.74, 6) is -1.08. The van der Waals surface area contributed by atoms with Crippen molar-refractivity contribution in [1.29, 1.82) is 0 Å². The fourth-order valence-electron chi connectivity index (χ4n) is 2.58. The van der Waals surface area contributed by atoms with E-state index < -0.39 is 23.9 Å². The van der Waals surface area contributed by atoms with Gasteiger partial charge in [-0.25, -0.2) is 4.79 Å². The maximum atomic E-state index is 12.6. The number of carbonyl (C=O) groups is 3. The van der Waals surface area contributed by atoms with Gasteiger partial charge in [0.15, 0.2) is 11.9 Å². The number of rotatable bonds is 7. The average molecular weight is 408 g/mol. The van der Waals surface area contributed by atoms with Crippen LogP contribution in [0.15, 0.2) is 71.3 Å². The SMILES string of the molecule is COc1cccc(NC(=O)[C@H](C)OC(=O)c2ccccc2NC(=O)c2ccco2)c1. The first-order valence-electron chi connectivity index (χ1n) is 9.07. The summed E-state index contributed by atoms with van der Waals surface area (Å²) < 4.78 is 15.4. The fraction of sp³-hybridized carbons (Fsp3) is 0.136. The van der Waals surface area contributed by atoms with Crippen LogP contribution in [0.1, 0.15) is 27.8 Å². The lowest BCUT2D eigenvalue weighted by Crippen LogP contribution is -2.30. The number of hydrogen-bond donors (Lipinski definition) is 2. The molecule has 3 rings (SSSR count). The maximum absolute atomic E-state index is 12.6. The second kappa shape index (κ2) is 9.42. The lowest BCUT2D eigenvalue weighted by molar-refractivity contribution is -0.123. The van der Waals surface area contributed by atoms with Crippen LogP contribution in [-0.4, -0.2) is 31.0 Å². The molecule has 8 heteroatoms. The summed E-state index contributed by atoms with van der Waals surface area (Å²) in [5.41, 5.74) is 0.858. The number of ether oxygens (including phenoxy) is 2. The van der Waals surface area contributed by atoms with Crippen LogP contribution in [0.2, 0.25) is 0 Å². The lowest BCUT2D eigenvalue weighted by atomic mass is 10.1. The first kappa shape index (κ1) is 20.7. The van der Waals surface area contributed by atoms with E-state index in [0.717, 1.165) is 0 Å². The van der Waals surface area contributed by atoms with E-state index in [1.165, 1.54) is 32.4 Å². The molecule has 2 N–H and O–H groups in total. The van der Waals surface area contributed by atoms with E-state index >= 15 is 0 Å². The third kappa shape index (κ3) is 5.05. The molecule has 0 fully saturated rings. The molecule has 1 aromatic heterocycles. The average Bonchev–Trinajstić information content (AvgIpc) is 3.29. The van der Waals surface area contributed by atoms with Gasteiger partial charge < -0.3 is 24.5 Å². The highest BCUT2D eigenvalue weighted by molar-refractivity contribution is 6.07. The van der Waals surface area contributed by atoms with Crippen molar-refractivity contribution in [1.82, 2.24) is 0 Å². The van der Waals surface area contributed by atoms with Crippen molar-refractivity contribution in [2.24, 2.45) is 0 Å². The largest absolute Gasteiger partial charge is 0.497 e. The van der Waals surface area contributed by atoms with Gasteiger partial charge in [-0.15, -0.1) is 0 Å². The molecule has 0 saturated carbocycles. The Labute approximate surface area is 172 Å². The molecule has 1 heterocycles. The topological polar surface area (TPSA) is 107 Å². The Morgan fingerprint density at radius 2 is 1.77 bits per heavy atom. The minimum absolute atomic E-state index is 0.101. The predicted octanol–water partition coefficient (Wildman–Crippen LogP) is 3.72. The van der Waals surface area contributed by atoms with E-state index in [9.17, 15) is 14.4 Å². The third-order valence-electron chi connectivity index (χ3n) is 4.13. The molecule has 1 atom stereocenters. The molecule has 154 valence electrons. The zero-order chi connectivity index (χ0) is 21.5. The van der Waals surface area contributed by atoms with E-state index in [1.54, 1.807) is 48.5 Å². The Bertz CT molecular complexity index is 1050. The Morgan fingerprint density at radius 1 is 0.967 bits per heavy atom. The zero-order valence-corrected chi connectivity index (χ0v) is 16.4. The first-order chi connectivity index (χ1) is 14.5. The number of anilines is 2. The third-order valence-corrected chi connectivity index (χ3v) is 4.13. The molecule has 0 radical (unpaired) electrons. The van der Waals surface area contributed by atoms with Gasteiger partial charge in [0, 0.05) is 11.8 Å². The predicted molar refractivity (Wildman–Crippen MR) is 110 cm³/mol. The van der Waals surface area contributed by atoms with Crippen molar-refractivity contribution < 1.29 is 28.3 Å². The number of para-hydroxylation sites is 1. The van der Waals surface area contributed by atoms with Crippen LogP contribution in [0.25, 0.3) is 0 Å². The Balaban J connectivity index is 1.66. The summed E-state index contributed by atoms with van der Waals surface area (Å²) in [6.45, 7) is 1.46. The van der Waals surface area contributed by atoms with Crippen LogP contribution in [0.5, 0.6) is 5.75 Å². The molecule has 8 nitrogen and oxygen atoms in total. The van der Waals surface area contributed by atoms with Crippen LogP contribution in [-0.2, 0) is 9.53 Å². The Kier molecular flexibility index (Phi) is 6.49. The molecule has 30 heavy (non-hydrogen) atoms. The van der Waals surface area contributed by atoms with Gasteiger partial charge in [0.1, 0.15) is 5.75 Å². The molecule has 0 spiro atoms. The number of nitrogens with one attached hydrogen (secondary N) is 2. The molecule has 0 aliphatic heterocycles. The normalized spacial score (nSPS) is 11.3. The smallest absolute Gasteiger partial charge is 0.341 e. The fourth-order valence-corrected chi connectivity index (χ4v) is 2.58. The van der Waals surface area contributed by atoms with Crippen LogP contribution in [0.4, 0.5) is 11.4 Å². The molecule has 0 bridgehead atoms. The molecule has 0 aliphatic rings. The molecular weight excluding hydrogens is 388 g/mol. The standard InChI is InChI=1S/C22H20N2O6/c1-14(20(25)23-15-7-5-8-16(13-15)28-2)30-22(27)17-9-3-4-10-18(17)24-21(26)19-11-6-12-29-19/h3-14H,1-2H3,(H,23,25)(H,24,26)/t14-/m0/s1. The number of furan rings is 1.